The SMILES string of the molecule is CCNC(=NCC(C)N1CCOCC1)NCCCOCC1CC1.I. The molecule has 1 heterocycles. The summed E-state index contributed by atoms with van der Waals surface area (Å²) in [6.07, 6.45) is 3.74. The van der Waals surface area contributed by atoms with Gasteiger partial charge in [0.2, 0.25) is 0 Å². The highest BCUT2D eigenvalue weighted by molar-refractivity contribution is 14.0. The van der Waals surface area contributed by atoms with Gasteiger partial charge < -0.3 is 20.1 Å². The Hall–Kier alpha value is -0.120. The van der Waals surface area contributed by atoms with Crippen molar-refractivity contribution in [2.24, 2.45) is 10.9 Å². The van der Waals surface area contributed by atoms with E-state index in [1.807, 2.05) is 0 Å². The van der Waals surface area contributed by atoms with E-state index in [0.29, 0.717) is 6.04 Å². The van der Waals surface area contributed by atoms with Crippen LogP contribution in [0.3, 0.4) is 0 Å². The van der Waals surface area contributed by atoms with Gasteiger partial charge in [0.05, 0.1) is 19.8 Å². The smallest absolute Gasteiger partial charge is 0.191 e. The number of hydrogen-bond acceptors (Lipinski definition) is 4. The molecule has 1 atom stereocenters. The van der Waals surface area contributed by atoms with Crippen LogP contribution >= 0.6 is 24.0 Å². The lowest BCUT2D eigenvalue weighted by molar-refractivity contribution is 0.0220. The van der Waals surface area contributed by atoms with Crippen LogP contribution in [0.4, 0.5) is 0 Å². The quantitative estimate of drug-likeness (QED) is 0.228. The van der Waals surface area contributed by atoms with Crippen molar-refractivity contribution in [2.75, 3.05) is 59.2 Å². The van der Waals surface area contributed by atoms with Crippen LogP contribution in [0.25, 0.3) is 0 Å². The van der Waals surface area contributed by atoms with Gasteiger partial charge >= 0.3 is 0 Å². The second-order valence-electron chi connectivity index (χ2n) is 6.52. The first kappa shape index (κ1) is 21.9. The molecule has 1 saturated heterocycles. The standard InChI is InChI=1S/C17H34N4O2.HI/c1-3-18-17(19-7-4-10-23-14-16-5-6-16)20-13-15(2)21-8-11-22-12-9-21;/h15-16H,3-14H2,1-2H3,(H2,18,19,20);1H. The van der Waals surface area contributed by atoms with Gasteiger partial charge in [0, 0.05) is 45.4 Å². The van der Waals surface area contributed by atoms with Crippen molar-refractivity contribution in [3.63, 3.8) is 0 Å². The van der Waals surface area contributed by atoms with Gasteiger partial charge in [-0.2, -0.15) is 0 Å². The van der Waals surface area contributed by atoms with Crippen LogP contribution in [0.1, 0.15) is 33.1 Å². The molecule has 2 rings (SSSR count). The highest BCUT2D eigenvalue weighted by atomic mass is 127. The number of halogens is 1. The van der Waals surface area contributed by atoms with Crippen molar-refractivity contribution in [2.45, 2.75) is 39.2 Å². The number of aliphatic imine (C=N–C) groups is 1. The van der Waals surface area contributed by atoms with Gasteiger partial charge in [-0.3, -0.25) is 9.89 Å². The summed E-state index contributed by atoms with van der Waals surface area (Å²) in [5, 5.41) is 6.71. The molecule has 7 heteroatoms. The van der Waals surface area contributed by atoms with Gasteiger partial charge in [-0.1, -0.05) is 0 Å². The Kier molecular flexibility index (Phi) is 12.0. The highest BCUT2D eigenvalue weighted by Crippen LogP contribution is 2.28. The zero-order chi connectivity index (χ0) is 16.3. The van der Waals surface area contributed by atoms with Crippen LogP contribution in [-0.2, 0) is 9.47 Å². The second-order valence-corrected chi connectivity index (χ2v) is 6.52. The molecule has 1 aliphatic carbocycles. The van der Waals surface area contributed by atoms with E-state index in [2.05, 4.69) is 29.4 Å². The highest BCUT2D eigenvalue weighted by Gasteiger charge is 2.20. The van der Waals surface area contributed by atoms with Gasteiger partial charge in [-0.15, -0.1) is 24.0 Å². The fourth-order valence-corrected chi connectivity index (χ4v) is 2.61. The maximum atomic E-state index is 5.66. The number of guanidine groups is 1. The van der Waals surface area contributed by atoms with Crippen molar-refractivity contribution in [3.05, 3.63) is 0 Å². The minimum absolute atomic E-state index is 0. The van der Waals surface area contributed by atoms with Crippen LogP contribution in [0.15, 0.2) is 4.99 Å². The van der Waals surface area contributed by atoms with E-state index < -0.39 is 0 Å². The van der Waals surface area contributed by atoms with Crippen LogP contribution in [0.2, 0.25) is 0 Å². The maximum absolute atomic E-state index is 5.66. The third-order valence-corrected chi connectivity index (χ3v) is 4.34. The number of ether oxygens (including phenoxy) is 2. The largest absolute Gasteiger partial charge is 0.381 e. The molecule has 2 N–H and O–H groups in total. The average molecular weight is 454 g/mol. The molecule has 0 aromatic heterocycles. The van der Waals surface area contributed by atoms with E-state index in [1.54, 1.807) is 0 Å². The molecule has 142 valence electrons. The van der Waals surface area contributed by atoms with E-state index in [9.17, 15) is 0 Å². The summed E-state index contributed by atoms with van der Waals surface area (Å²) in [4.78, 5) is 7.16. The number of nitrogens with one attached hydrogen (secondary N) is 2. The third-order valence-electron chi connectivity index (χ3n) is 4.34. The van der Waals surface area contributed by atoms with E-state index in [1.165, 1.54) is 12.8 Å². The minimum atomic E-state index is 0. The Bertz CT molecular complexity index is 347. The number of nitrogens with zero attached hydrogens (tertiary/aromatic N) is 2. The summed E-state index contributed by atoms with van der Waals surface area (Å²) >= 11 is 0. The Morgan fingerprint density at radius 2 is 2.04 bits per heavy atom. The molecule has 2 aliphatic rings. The molecular weight excluding hydrogens is 419 g/mol. The first-order chi connectivity index (χ1) is 11.3. The molecule has 0 amide bonds. The van der Waals surface area contributed by atoms with Crippen LogP contribution < -0.4 is 10.6 Å². The topological polar surface area (TPSA) is 58.1 Å². The Labute approximate surface area is 164 Å². The molecule has 2 fully saturated rings. The van der Waals surface area contributed by atoms with Crippen LogP contribution in [-0.4, -0.2) is 76.1 Å². The summed E-state index contributed by atoms with van der Waals surface area (Å²) in [5.74, 6) is 1.76. The lowest BCUT2D eigenvalue weighted by Crippen LogP contribution is -2.44. The third kappa shape index (κ3) is 9.39. The number of hydrogen-bond donors (Lipinski definition) is 2. The van der Waals surface area contributed by atoms with Crippen molar-refractivity contribution >= 4 is 29.9 Å². The van der Waals surface area contributed by atoms with E-state index >= 15 is 0 Å². The summed E-state index contributed by atoms with van der Waals surface area (Å²) < 4.78 is 11.1. The van der Waals surface area contributed by atoms with Gasteiger partial charge in [-0.25, -0.2) is 0 Å². The number of morpholine rings is 1. The first-order valence-corrected chi connectivity index (χ1v) is 9.21. The molecule has 1 saturated carbocycles. The molecule has 0 aromatic carbocycles. The Balaban J connectivity index is 0.00000288. The Morgan fingerprint density at radius 1 is 1.29 bits per heavy atom. The fourth-order valence-electron chi connectivity index (χ4n) is 2.61. The van der Waals surface area contributed by atoms with Crippen molar-refractivity contribution < 1.29 is 9.47 Å². The van der Waals surface area contributed by atoms with Crippen molar-refractivity contribution in [3.8, 4) is 0 Å². The normalized spacial score (nSPS) is 20.3. The van der Waals surface area contributed by atoms with Gasteiger partial charge in [0.25, 0.3) is 0 Å². The molecular formula is C17H35IN4O2. The van der Waals surface area contributed by atoms with Gasteiger partial charge in [0.1, 0.15) is 0 Å². The Morgan fingerprint density at radius 3 is 2.71 bits per heavy atom. The minimum Gasteiger partial charge on any atom is -0.381 e. The van der Waals surface area contributed by atoms with Crippen molar-refractivity contribution in [1.82, 2.24) is 15.5 Å². The van der Waals surface area contributed by atoms with Crippen LogP contribution in [0.5, 0.6) is 0 Å². The average Bonchev–Trinajstić information content (AvgIpc) is 3.40. The second kappa shape index (κ2) is 13.1. The summed E-state index contributed by atoms with van der Waals surface area (Å²) in [7, 11) is 0. The molecule has 1 unspecified atom stereocenters. The molecule has 0 spiro atoms. The fraction of sp³-hybridized carbons (Fsp3) is 0.941. The molecule has 6 nitrogen and oxygen atoms in total. The predicted molar refractivity (Wildman–Crippen MR) is 109 cm³/mol. The van der Waals surface area contributed by atoms with Gasteiger partial charge in [-0.05, 0) is 39.0 Å². The van der Waals surface area contributed by atoms with Crippen molar-refractivity contribution in [1.29, 1.82) is 0 Å². The van der Waals surface area contributed by atoms with E-state index in [-0.39, 0.29) is 24.0 Å². The summed E-state index contributed by atoms with van der Waals surface area (Å²) in [5.41, 5.74) is 0. The van der Waals surface area contributed by atoms with Gasteiger partial charge in [0.15, 0.2) is 5.96 Å². The monoisotopic (exact) mass is 454 g/mol. The summed E-state index contributed by atoms with van der Waals surface area (Å²) in [6, 6.07) is 0.455. The first-order valence-electron chi connectivity index (χ1n) is 9.21. The van der Waals surface area contributed by atoms with E-state index in [0.717, 1.165) is 77.4 Å². The zero-order valence-electron chi connectivity index (χ0n) is 15.3. The predicted octanol–water partition coefficient (Wildman–Crippen LogP) is 1.70. The zero-order valence-corrected chi connectivity index (χ0v) is 17.6. The molecule has 24 heavy (non-hydrogen) atoms. The summed E-state index contributed by atoms with van der Waals surface area (Å²) in [6.45, 7) is 12.4. The molecule has 0 radical (unpaired) electrons. The number of rotatable bonds is 10. The lowest BCUT2D eigenvalue weighted by atomic mass is 10.2. The molecule has 0 bridgehead atoms. The molecule has 0 aromatic rings. The van der Waals surface area contributed by atoms with E-state index in [4.69, 9.17) is 14.5 Å². The lowest BCUT2D eigenvalue weighted by Gasteiger charge is -2.31. The maximum Gasteiger partial charge on any atom is 0.191 e. The molecule has 1 aliphatic heterocycles. The van der Waals surface area contributed by atoms with Crippen LogP contribution in [0, 0.1) is 5.92 Å².